The van der Waals surface area contributed by atoms with E-state index in [0.717, 1.165) is 25.7 Å². The number of anilines is 1. The average Bonchev–Trinajstić information content (AvgIpc) is 2.29. The lowest BCUT2D eigenvalue weighted by atomic mass is 9.91. The van der Waals surface area contributed by atoms with Crippen LogP contribution in [0.15, 0.2) is 12.1 Å². The van der Waals surface area contributed by atoms with Crippen LogP contribution in [0.4, 0.5) is 14.5 Å². The second-order valence-corrected chi connectivity index (χ2v) is 4.84. The number of hydrogen-bond donors (Lipinski definition) is 2. The number of hydrogen-bond acceptors (Lipinski definition) is 2. The average molecular weight is 240 g/mol. The Bertz CT molecular complexity index is 399. The van der Waals surface area contributed by atoms with Gasteiger partial charge in [0.1, 0.15) is 11.6 Å². The van der Waals surface area contributed by atoms with Crippen LogP contribution in [0.2, 0.25) is 0 Å². The molecule has 0 aliphatic heterocycles. The summed E-state index contributed by atoms with van der Waals surface area (Å²) in [6.45, 7) is 1.56. The summed E-state index contributed by atoms with van der Waals surface area (Å²) >= 11 is 0. The van der Waals surface area contributed by atoms with E-state index in [1.54, 1.807) is 6.92 Å². The number of nitrogens with two attached hydrogens (primary N) is 1. The fraction of sp³-hybridized carbons (Fsp3) is 0.538. The lowest BCUT2D eigenvalue weighted by Crippen LogP contribution is -2.33. The molecule has 0 radical (unpaired) electrons. The van der Waals surface area contributed by atoms with Gasteiger partial charge >= 0.3 is 0 Å². The molecule has 3 N–H and O–H groups in total. The quantitative estimate of drug-likeness (QED) is 0.834. The Morgan fingerprint density at radius 2 is 1.76 bits per heavy atom. The summed E-state index contributed by atoms with van der Waals surface area (Å²) in [5, 5.41) is 3.07. The molecule has 0 atom stereocenters. The Morgan fingerprint density at radius 3 is 2.41 bits per heavy atom. The van der Waals surface area contributed by atoms with Crippen molar-refractivity contribution in [1.82, 2.24) is 0 Å². The predicted octanol–water partition coefficient (Wildman–Crippen LogP) is 2.96. The molecule has 1 aromatic rings. The molecule has 2 nitrogen and oxygen atoms in total. The van der Waals surface area contributed by atoms with Crippen LogP contribution in [-0.2, 0) is 0 Å². The van der Waals surface area contributed by atoms with Gasteiger partial charge in [-0.2, -0.15) is 0 Å². The van der Waals surface area contributed by atoms with Gasteiger partial charge in [0.25, 0.3) is 0 Å². The predicted molar refractivity (Wildman–Crippen MR) is 64.9 cm³/mol. The molecule has 1 saturated carbocycles. The first-order valence-electron chi connectivity index (χ1n) is 6.04. The van der Waals surface area contributed by atoms with Crippen molar-refractivity contribution in [3.8, 4) is 0 Å². The summed E-state index contributed by atoms with van der Waals surface area (Å²) in [7, 11) is 0. The Balaban J connectivity index is 2.06. The molecule has 4 heteroatoms. The number of benzene rings is 1. The molecular weight excluding hydrogens is 222 g/mol. The van der Waals surface area contributed by atoms with Gasteiger partial charge < -0.3 is 11.1 Å². The van der Waals surface area contributed by atoms with E-state index in [1.807, 2.05) is 0 Å². The minimum Gasteiger partial charge on any atom is -0.380 e. The summed E-state index contributed by atoms with van der Waals surface area (Å²) < 4.78 is 27.0. The van der Waals surface area contributed by atoms with Gasteiger partial charge in [-0.1, -0.05) is 0 Å². The third-order valence-electron chi connectivity index (χ3n) is 3.38. The Hall–Kier alpha value is -1.16. The fourth-order valence-electron chi connectivity index (χ4n) is 2.24. The molecular formula is C13H18F2N2. The van der Waals surface area contributed by atoms with Crippen molar-refractivity contribution in [3.05, 3.63) is 29.3 Å². The number of nitrogens with one attached hydrogen (secondary N) is 1. The number of aryl methyl sites for hydroxylation is 1. The summed E-state index contributed by atoms with van der Waals surface area (Å²) in [5.41, 5.74) is 6.39. The van der Waals surface area contributed by atoms with Crippen molar-refractivity contribution >= 4 is 5.69 Å². The zero-order valence-corrected chi connectivity index (χ0v) is 9.97. The molecule has 0 aromatic heterocycles. The van der Waals surface area contributed by atoms with E-state index >= 15 is 0 Å². The number of rotatable bonds is 2. The summed E-state index contributed by atoms with van der Waals surface area (Å²) in [6, 6.07) is 2.92. The highest BCUT2D eigenvalue weighted by molar-refractivity contribution is 5.47. The van der Waals surface area contributed by atoms with Crippen LogP contribution in [0, 0.1) is 18.6 Å². The van der Waals surface area contributed by atoms with E-state index in [0.29, 0.717) is 5.56 Å². The third kappa shape index (κ3) is 2.94. The van der Waals surface area contributed by atoms with Crippen molar-refractivity contribution < 1.29 is 8.78 Å². The van der Waals surface area contributed by atoms with Gasteiger partial charge in [0.15, 0.2) is 0 Å². The van der Waals surface area contributed by atoms with Gasteiger partial charge in [0.05, 0.1) is 5.69 Å². The topological polar surface area (TPSA) is 38.0 Å². The molecule has 0 saturated heterocycles. The molecule has 17 heavy (non-hydrogen) atoms. The lowest BCUT2D eigenvalue weighted by molar-refractivity contribution is 0.410. The molecule has 1 aliphatic rings. The molecule has 1 aromatic carbocycles. The molecule has 0 bridgehead atoms. The summed E-state index contributed by atoms with van der Waals surface area (Å²) in [4.78, 5) is 0. The molecule has 0 spiro atoms. The van der Waals surface area contributed by atoms with Gasteiger partial charge in [-0.15, -0.1) is 0 Å². The fourth-order valence-corrected chi connectivity index (χ4v) is 2.24. The van der Waals surface area contributed by atoms with Gasteiger partial charge in [-0.05, 0) is 44.2 Å². The Kier molecular flexibility index (Phi) is 3.62. The van der Waals surface area contributed by atoms with Crippen LogP contribution in [-0.4, -0.2) is 12.1 Å². The van der Waals surface area contributed by atoms with Crippen LogP contribution in [0.5, 0.6) is 0 Å². The Morgan fingerprint density at radius 1 is 1.12 bits per heavy atom. The molecule has 0 heterocycles. The monoisotopic (exact) mass is 240 g/mol. The van der Waals surface area contributed by atoms with E-state index in [-0.39, 0.29) is 23.6 Å². The van der Waals surface area contributed by atoms with Crippen LogP contribution >= 0.6 is 0 Å². The van der Waals surface area contributed by atoms with Crippen LogP contribution in [0.3, 0.4) is 0 Å². The molecule has 94 valence electrons. The second-order valence-electron chi connectivity index (χ2n) is 4.84. The van der Waals surface area contributed by atoms with Gasteiger partial charge in [0.2, 0.25) is 0 Å². The lowest BCUT2D eigenvalue weighted by Gasteiger charge is -2.27. The zero-order valence-electron chi connectivity index (χ0n) is 9.97. The zero-order chi connectivity index (χ0) is 12.4. The second kappa shape index (κ2) is 5.00. The van der Waals surface area contributed by atoms with Crippen molar-refractivity contribution in [3.63, 3.8) is 0 Å². The SMILES string of the molecule is Cc1cc(F)c(NC2CCC(N)CC2)cc1F. The maximum absolute atomic E-state index is 13.6. The highest BCUT2D eigenvalue weighted by Gasteiger charge is 2.19. The van der Waals surface area contributed by atoms with Crippen LogP contribution in [0.1, 0.15) is 31.2 Å². The maximum Gasteiger partial charge on any atom is 0.146 e. The van der Waals surface area contributed by atoms with E-state index in [4.69, 9.17) is 5.73 Å². The minimum absolute atomic E-state index is 0.200. The largest absolute Gasteiger partial charge is 0.380 e. The van der Waals surface area contributed by atoms with E-state index in [1.165, 1.54) is 12.1 Å². The number of halogens is 2. The molecule has 0 unspecified atom stereocenters. The van der Waals surface area contributed by atoms with Gasteiger partial charge in [-0.3, -0.25) is 0 Å². The van der Waals surface area contributed by atoms with Crippen LogP contribution < -0.4 is 11.1 Å². The molecule has 1 aliphatic carbocycles. The Labute approximate surface area is 100 Å². The molecule has 1 fully saturated rings. The summed E-state index contributed by atoms with van der Waals surface area (Å²) in [5.74, 6) is -0.764. The third-order valence-corrected chi connectivity index (χ3v) is 3.38. The highest BCUT2D eigenvalue weighted by Crippen LogP contribution is 2.24. The van der Waals surface area contributed by atoms with Crippen LogP contribution in [0.25, 0.3) is 0 Å². The minimum atomic E-state index is -0.390. The molecule has 2 rings (SSSR count). The van der Waals surface area contributed by atoms with Crippen molar-refractivity contribution in [2.45, 2.75) is 44.7 Å². The first-order chi connectivity index (χ1) is 8.06. The first kappa shape index (κ1) is 12.3. The maximum atomic E-state index is 13.6. The highest BCUT2D eigenvalue weighted by atomic mass is 19.1. The van der Waals surface area contributed by atoms with Crippen molar-refractivity contribution in [2.24, 2.45) is 5.73 Å². The first-order valence-corrected chi connectivity index (χ1v) is 6.04. The summed E-state index contributed by atoms with van der Waals surface area (Å²) in [6.07, 6.45) is 3.70. The van der Waals surface area contributed by atoms with Gasteiger partial charge in [0, 0.05) is 18.2 Å². The van der Waals surface area contributed by atoms with Crippen molar-refractivity contribution in [1.29, 1.82) is 0 Å². The standard InChI is InChI=1S/C13H18F2N2/c1-8-6-12(15)13(7-11(8)14)17-10-4-2-9(16)3-5-10/h6-7,9-10,17H,2-5,16H2,1H3. The van der Waals surface area contributed by atoms with E-state index in [9.17, 15) is 8.78 Å². The van der Waals surface area contributed by atoms with E-state index < -0.39 is 5.82 Å². The smallest absolute Gasteiger partial charge is 0.146 e. The van der Waals surface area contributed by atoms with Crippen molar-refractivity contribution in [2.75, 3.05) is 5.32 Å². The molecule has 0 amide bonds. The normalized spacial score (nSPS) is 24.7. The van der Waals surface area contributed by atoms with Gasteiger partial charge in [-0.25, -0.2) is 8.78 Å². The van der Waals surface area contributed by atoms with E-state index in [2.05, 4.69) is 5.32 Å².